The summed E-state index contributed by atoms with van der Waals surface area (Å²) in [5, 5.41) is 20.7. The van der Waals surface area contributed by atoms with Crippen LogP contribution >= 0.6 is 11.6 Å². The average Bonchev–Trinajstić information content (AvgIpc) is 3.17. The molecule has 0 aliphatic heterocycles. The van der Waals surface area contributed by atoms with Gasteiger partial charge in [-0.2, -0.15) is 10.1 Å². The Morgan fingerprint density at radius 3 is 2.79 bits per heavy atom. The predicted molar refractivity (Wildman–Crippen MR) is 109 cm³/mol. The molecule has 28 heavy (non-hydrogen) atoms. The molecule has 1 aromatic carbocycles. The van der Waals surface area contributed by atoms with Gasteiger partial charge in [0.05, 0.1) is 37.8 Å². The van der Waals surface area contributed by atoms with Crippen molar-refractivity contribution >= 4 is 29.1 Å². The maximum Gasteiger partial charge on any atom is 0.229 e. The summed E-state index contributed by atoms with van der Waals surface area (Å²) in [6.07, 6.45) is 5.09. The molecule has 0 spiro atoms. The maximum absolute atomic E-state index is 9.84. The quantitative estimate of drug-likeness (QED) is 0.527. The van der Waals surface area contributed by atoms with Gasteiger partial charge >= 0.3 is 0 Å². The molecule has 0 radical (unpaired) electrons. The molecule has 9 heteroatoms. The molecule has 0 aliphatic rings. The number of anilines is 3. The van der Waals surface area contributed by atoms with Crippen LogP contribution in [0.25, 0.3) is 0 Å². The summed E-state index contributed by atoms with van der Waals surface area (Å²) in [4.78, 5) is 8.64. The zero-order chi connectivity index (χ0) is 20.1. The summed E-state index contributed by atoms with van der Waals surface area (Å²) in [7, 11) is 1.60. The Bertz CT molecular complexity index is 930. The van der Waals surface area contributed by atoms with Crippen molar-refractivity contribution in [3.63, 3.8) is 0 Å². The predicted octanol–water partition coefficient (Wildman–Crippen LogP) is 3.81. The lowest BCUT2D eigenvalue weighted by Crippen LogP contribution is -2.16. The number of rotatable bonds is 8. The van der Waals surface area contributed by atoms with E-state index in [1.165, 1.54) is 6.20 Å². The Labute approximate surface area is 168 Å². The Balaban J connectivity index is 1.79. The summed E-state index contributed by atoms with van der Waals surface area (Å²) in [6.45, 7) is 3.95. The van der Waals surface area contributed by atoms with Gasteiger partial charge in [-0.15, -0.1) is 0 Å². The minimum absolute atomic E-state index is 0.141. The van der Waals surface area contributed by atoms with Crippen LogP contribution in [0.15, 0.2) is 42.9 Å². The van der Waals surface area contributed by atoms with Crippen molar-refractivity contribution in [1.29, 1.82) is 0 Å². The van der Waals surface area contributed by atoms with E-state index in [-0.39, 0.29) is 12.6 Å². The SMILES string of the molecule is COc1cccc([C@@H](CO)Nc2nc(Nc3cnn(C(C)C)c3)ncc2Cl)c1. The molecule has 0 unspecified atom stereocenters. The molecule has 3 N–H and O–H groups in total. The zero-order valence-corrected chi connectivity index (χ0v) is 16.7. The van der Waals surface area contributed by atoms with Gasteiger partial charge in [0.1, 0.15) is 10.8 Å². The minimum Gasteiger partial charge on any atom is -0.497 e. The largest absolute Gasteiger partial charge is 0.497 e. The second-order valence-corrected chi connectivity index (χ2v) is 6.88. The molecule has 2 heterocycles. The number of nitrogens with one attached hydrogen (secondary N) is 2. The fourth-order valence-electron chi connectivity index (χ4n) is 2.60. The molecular weight excluding hydrogens is 380 g/mol. The maximum atomic E-state index is 9.84. The molecule has 0 bridgehead atoms. The number of methoxy groups -OCH3 is 1. The van der Waals surface area contributed by atoms with Crippen molar-refractivity contribution in [2.75, 3.05) is 24.4 Å². The van der Waals surface area contributed by atoms with Gasteiger partial charge in [0.15, 0.2) is 5.82 Å². The second-order valence-electron chi connectivity index (χ2n) is 6.47. The highest BCUT2D eigenvalue weighted by molar-refractivity contribution is 6.32. The highest BCUT2D eigenvalue weighted by atomic mass is 35.5. The van der Waals surface area contributed by atoms with Crippen LogP contribution < -0.4 is 15.4 Å². The van der Waals surface area contributed by atoms with E-state index in [1.54, 1.807) is 13.3 Å². The summed E-state index contributed by atoms with van der Waals surface area (Å²) in [6, 6.07) is 7.30. The Morgan fingerprint density at radius 1 is 1.29 bits per heavy atom. The van der Waals surface area contributed by atoms with Gasteiger partial charge in [-0.25, -0.2) is 4.98 Å². The molecule has 0 saturated carbocycles. The van der Waals surface area contributed by atoms with E-state index < -0.39 is 6.04 Å². The number of ether oxygens (including phenoxy) is 1. The number of aliphatic hydroxyl groups excluding tert-OH is 1. The van der Waals surface area contributed by atoms with Crippen LogP contribution in [0.5, 0.6) is 5.75 Å². The third-order valence-electron chi connectivity index (χ3n) is 4.12. The first kappa shape index (κ1) is 19.9. The average molecular weight is 403 g/mol. The van der Waals surface area contributed by atoms with E-state index in [0.717, 1.165) is 11.3 Å². The first-order valence-corrected chi connectivity index (χ1v) is 9.23. The third kappa shape index (κ3) is 4.71. The number of hydrogen-bond donors (Lipinski definition) is 3. The van der Waals surface area contributed by atoms with E-state index in [9.17, 15) is 5.11 Å². The first-order valence-electron chi connectivity index (χ1n) is 8.85. The smallest absolute Gasteiger partial charge is 0.229 e. The normalized spacial score (nSPS) is 12.1. The molecule has 2 aromatic heterocycles. The fraction of sp³-hybridized carbons (Fsp3) is 0.316. The minimum atomic E-state index is -0.404. The molecule has 8 nitrogen and oxygen atoms in total. The number of aromatic nitrogens is 4. The summed E-state index contributed by atoms with van der Waals surface area (Å²) in [5.41, 5.74) is 1.62. The molecule has 0 amide bonds. The van der Waals surface area contributed by atoms with Gasteiger partial charge in [-0.1, -0.05) is 23.7 Å². The highest BCUT2D eigenvalue weighted by Gasteiger charge is 2.15. The third-order valence-corrected chi connectivity index (χ3v) is 4.40. The molecule has 0 aliphatic carbocycles. The molecular formula is C19H23ClN6O2. The second kappa shape index (κ2) is 8.90. The lowest BCUT2D eigenvalue weighted by molar-refractivity contribution is 0.276. The van der Waals surface area contributed by atoms with E-state index in [0.29, 0.717) is 22.5 Å². The molecule has 148 valence electrons. The molecule has 3 rings (SSSR count). The van der Waals surface area contributed by atoms with Gasteiger partial charge in [-0.05, 0) is 31.5 Å². The summed E-state index contributed by atoms with van der Waals surface area (Å²) >= 11 is 6.25. The number of aliphatic hydroxyl groups is 1. The van der Waals surface area contributed by atoms with Crippen LogP contribution in [-0.4, -0.2) is 38.6 Å². The Kier molecular flexibility index (Phi) is 6.33. The molecule has 0 fully saturated rings. The first-order chi connectivity index (χ1) is 13.5. The van der Waals surface area contributed by atoms with Crippen LogP contribution in [-0.2, 0) is 0 Å². The van der Waals surface area contributed by atoms with Gasteiger partial charge in [0, 0.05) is 12.2 Å². The van der Waals surface area contributed by atoms with Gasteiger partial charge < -0.3 is 20.5 Å². The molecule has 1 atom stereocenters. The zero-order valence-electron chi connectivity index (χ0n) is 15.9. The summed E-state index contributed by atoms with van der Waals surface area (Å²) in [5.74, 6) is 1.49. The monoisotopic (exact) mass is 402 g/mol. The number of halogens is 1. The lowest BCUT2D eigenvalue weighted by atomic mass is 10.1. The highest BCUT2D eigenvalue weighted by Crippen LogP contribution is 2.27. The Hall–Kier alpha value is -2.84. The summed E-state index contributed by atoms with van der Waals surface area (Å²) < 4.78 is 7.08. The van der Waals surface area contributed by atoms with Crippen LogP contribution in [0.3, 0.4) is 0 Å². The van der Waals surface area contributed by atoms with Crippen molar-refractivity contribution in [3.8, 4) is 5.75 Å². The van der Waals surface area contributed by atoms with Crippen LogP contribution in [0.1, 0.15) is 31.5 Å². The van der Waals surface area contributed by atoms with Crippen LogP contribution in [0.2, 0.25) is 5.02 Å². The van der Waals surface area contributed by atoms with E-state index >= 15 is 0 Å². The molecule has 0 saturated heterocycles. The topological polar surface area (TPSA) is 97.1 Å². The van der Waals surface area contributed by atoms with Crippen molar-refractivity contribution in [3.05, 3.63) is 53.4 Å². The van der Waals surface area contributed by atoms with Gasteiger partial charge in [0.2, 0.25) is 5.95 Å². The number of benzene rings is 1. The van der Waals surface area contributed by atoms with E-state index in [1.807, 2.05) is 49.0 Å². The van der Waals surface area contributed by atoms with Gasteiger partial charge in [-0.3, -0.25) is 4.68 Å². The Morgan fingerprint density at radius 2 is 2.11 bits per heavy atom. The lowest BCUT2D eigenvalue weighted by Gasteiger charge is -2.19. The number of nitrogens with zero attached hydrogens (tertiary/aromatic N) is 4. The standard InChI is InChI=1S/C19H23ClN6O2/c1-12(2)26-10-14(8-22-26)23-19-21-9-16(20)18(25-19)24-17(11-27)13-5-4-6-15(7-13)28-3/h4-10,12,17,27H,11H2,1-3H3,(H2,21,23,24,25)/t17-/m1/s1. The van der Waals surface area contributed by atoms with Crippen molar-refractivity contribution in [1.82, 2.24) is 19.7 Å². The fourth-order valence-corrected chi connectivity index (χ4v) is 2.75. The van der Waals surface area contributed by atoms with E-state index in [4.69, 9.17) is 16.3 Å². The van der Waals surface area contributed by atoms with Crippen LogP contribution in [0, 0.1) is 0 Å². The van der Waals surface area contributed by atoms with Gasteiger partial charge in [0.25, 0.3) is 0 Å². The van der Waals surface area contributed by atoms with E-state index in [2.05, 4.69) is 25.7 Å². The van der Waals surface area contributed by atoms with Crippen molar-refractivity contribution in [2.45, 2.75) is 25.9 Å². The van der Waals surface area contributed by atoms with Crippen molar-refractivity contribution in [2.24, 2.45) is 0 Å². The molecule has 3 aromatic rings. The van der Waals surface area contributed by atoms with Crippen molar-refractivity contribution < 1.29 is 9.84 Å². The van der Waals surface area contributed by atoms with Crippen LogP contribution in [0.4, 0.5) is 17.5 Å². The number of hydrogen-bond acceptors (Lipinski definition) is 7.